The average Bonchev–Trinajstić information content (AvgIpc) is 2.49. The number of hydrogen-bond acceptors (Lipinski definition) is 5. The molecule has 0 aliphatic heterocycles. The minimum atomic E-state index is -0.0842. The Balaban J connectivity index is 2.26. The van der Waals surface area contributed by atoms with Gasteiger partial charge in [-0.25, -0.2) is 4.98 Å². The van der Waals surface area contributed by atoms with Crippen molar-refractivity contribution in [2.24, 2.45) is 10.9 Å². The SMILES string of the molecule is N/C(=N/O)c1cccc(Oc2ccccc2CCO)n1. The van der Waals surface area contributed by atoms with Gasteiger partial charge in [-0.2, -0.15) is 0 Å². The van der Waals surface area contributed by atoms with Crippen molar-refractivity contribution in [3.8, 4) is 11.6 Å². The van der Waals surface area contributed by atoms with E-state index in [0.717, 1.165) is 5.56 Å². The second kappa shape index (κ2) is 6.53. The van der Waals surface area contributed by atoms with Crippen LogP contribution in [0.2, 0.25) is 0 Å². The fourth-order valence-electron chi connectivity index (χ4n) is 1.71. The van der Waals surface area contributed by atoms with E-state index in [4.69, 9.17) is 20.8 Å². The molecule has 1 aromatic carbocycles. The summed E-state index contributed by atoms with van der Waals surface area (Å²) in [4.78, 5) is 4.14. The first-order valence-electron chi connectivity index (χ1n) is 6.06. The second-order valence-electron chi connectivity index (χ2n) is 4.03. The first-order valence-corrected chi connectivity index (χ1v) is 6.06. The van der Waals surface area contributed by atoms with Gasteiger partial charge in [0, 0.05) is 12.7 Å². The lowest BCUT2D eigenvalue weighted by atomic mass is 10.1. The van der Waals surface area contributed by atoms with Gasteiger partial charge in [0.25, 0.3) is 0 Å². The summed E-state index contributed by atoms with van der Waals surface area (Å²) in [6.07, 6.45) is 0.496. The molecular weight excluding hydrogens is 258 g/mol. The number of aliphatic hydroxyl groups is 1. The molecule has 6 nitrogen and oxygen atoms in total. The molecule has 104 valence electrons. The van der Waals surface area contributed by atoms with Crippen molar-refractivity contribution < 1.29 is 15.1 Å². The van der Waals surface area contributed by atoms with E-state index in [2.05, 4.69) is 10.1 Å². The number of rotatable bonds is 5. The van der Waals surface area contributed by atoms with Crippen LogP contribution in [-0.2, 0) is 6.42 Å². The summed E-state index contributed by atoms with van der Waals surface area (Å²) in [5, 5.41) is 20.6. The third kappa shape index (κ3) is 3.24. The molecule has 6 heteroatoms. The number of oxime groups is 1. The topological polar surface area (TPSA) is 101 Å². The first kappa shape index (κ1) is 13.8. The van der Waals surface area contributed by atoms with E-state index in [0.29, 0.717) is 23.7 Å². The molecule has 0 atom stereocenters. The lowest BCUT2D eigenvalue weighted by Gasteiger charge is -2.10. The van der Waals surface area contributed by atoms with E-state index in [1.165, 1.54) is 0 Å². The highest BCUT2D eigenvalue weighted by molar-refractivity contribution is 5.95. The largest absolute Gasteiger partial charge is 0.439 e. The fraction of sp³-hybridized carbons (Fsp3) is 0.143. The lowest BCUT2D eigenvalue weighted by molar-refractivity contribution is 0.297. The van der Waals surface area contributed by atoms with Crippen LogP contribution in [0.3, 0.4) is 0 Å². The number of pyridine rings is 1. The van der Waals surface area contributed by atoms with Crippen LogP contribution in [0.5, 0.6) is 11.6 Å². The van der Waals surface area contributed by atoms with E-state index in [1.807, 2.05) is 18.2 Å². The highest BCUT2D eigenvalue weighted by atomic mass is 16.5. The molecule has 0 radical (unpaired) electrons. The summed E-state index contributed by atoms with van der Waals surface area (Å²) in [5.74, 6) is 0.865. The van der Waals surface area contributed by atoms with E-state index >= 15 is 0 Å². The Morgan fingerprint density at radius 1 is 1.20 bits per heavy atom. The summed E-state index contributed by atoms with van der Waals surface area (Å²) in [6, 6.07) is 12.4. The molecule has 0 aliphatic rings. The maximum atomic E-state index is 9.03. The summed E-state index contributed by atoms with van der Waals surface area (Å²) >= 11 is 0. The van der Waals surface area contributed by atoms with Crippen molar-refractivity contribution in [1.29, 1.82) is 0 Å². The van der Waals surface area contributed by atoms with Gasteiger partial charge in [0.1, 0.15) is 11.4 Å². The van der Waals surface area contributed by atoms with Gasteiger partial charge < -0.3 is 20.8 Å². The quantitative estimate of drug-likeness (QED) is 0.332. The molecule has 0 unspecified atom stereocenters. The van der Waals surface area contributed by atoms with Gasteiger partial charge in [-0.1, -0.05) is 29.4 Å². The van der Waals surface area contributed by atoms with E-state index in [-0.39, 0.29) is 12.4 Å². The number of aromatic nitrogens is 1. The normalized spacial score (nSPS) is 11.3. The van der Waals surface area contributed by atoms with Gasteiger partial charge in [-0.15, -0.1) is 0 Å². The fourth-order valence-corrected chi connectivity index (χ4v) is 1.71. The van der Waals surface area contributed by atoms with Crippen molar-refractivity contribution in [3.63, 3.8) is 0 Å². The molecule has 0 saturated carbocycles. The first-order chi connectivity index (χ1) is 9.74. The Bertz CT molecular complexity index is 614. The van der Waals surface area contributed by atoms with Crippen LogP contribution in [0, 0.1) is 0 Å². The molecule has 0 spiro atoms. The van der Waals surface area contributed by atoms with Crippen molar-refractivity contribution in [1.82, 2.24) is 4.98 Å². The number of hydrogen-bond donors (Lipinski definition) is 3. The van der Waals surface area contributed by atoms with Crippen LogP contribution in [0.4, 0.5) is 0 Å². The maximum Gasteiger partial charge on any atom is 0.219 e. The van der Waals surface area contributed by atoms with Crippen LogP contribution >= 0.6 is 0 Å². The zero-order valence-electron chi connectivity index (χ0n) is 10.7. The van der Waals surface area contributed by atoms with E-state index in [9.17, 15) is 0 Å². The average molecular weight is 273 g/mol. The van der Waals surface area contributed by atoms with Crippen LogP contribution in [0.15, 0.2) is 47.6 Å². The number of nitrogens with zero attached hydrogens (tertiary/aromatic N) is 2. The van der Waals surface area contributed by atoms with Gasteiger partial charge in [-0.3, -0.25) is 0 Å². The van der Waals surface area contributed by atoms with Gasteiger partial charge in [0.2, 0.25) is 5.88 Å². The number of nitrogens with two attached hydrogens (primary N) is 1. The van der Waals surface area contributed by atoms with Crippen molar-refractivity contribution in [3.05, 3.63) is 53.7 Å². The smallest absolute Gasteiger partial charge is 0.219 e. The van der Waals surface area contributed by atoms with Crippen LogP contribution < -0.4 is 10.5 Å². The molecule has 1 heterocycles. The highest BCUT2D eigenvalue weighted by Crippen LogP contribution is 2.24. The summed E-state index contributed by atoms with van der Waals surface area (Å²) < 4.78 is 5.68. The van der Waals surface area contributed by atoms with Gasteiger partial charge in [-0.05, 0) is 24.1 Å². The second-order valence-corrected chi connectivity index (χ2v) is 4.03. The Labute approximate surface area is 116 Å². The third-order valence-electron chi connectivity index (χ3n) is 2.66. The highest BCUT2D eigenvalue weighted by Gasteiger charge is 2.07. The standard InChI is InChI=1S/C14H15N3O3/c15-14(17-19)11-5-3-7-13(16-11)20-12-6-2-1-4-10(12)8-9-18/h1-7,18-19H,8-9H2,(H2,15,17). The number of amidine groups is 1. The molecular formula is C14H15N3O3. The predicted octanol–water partition coefficient (Wildman–Crippen LogP) is 1.50. The van der Waals surface area contributed by atoms with Crippen LogP contribution in [0.1, 0.15) is 11.3 Å². The maximum absolute atomic E-state index is 9.03. The lowest BCUT2D eigenvalue weighted by Crippen LogP contribution is -2.15. The molecule has 0 amide bonds. The number of benzene rings is 1. The number of ether oxygens (including phenoxy) is 1. The predicted molar refractivity (Wildman–Crippen MR) is 74.1 cm³/mol. The molecule has 4 N–H and O–H groups in total. The minimum absolute atomic E-state index is 0.0396. The van der Waals surface area contributed by atoms with E-state index < -0.39 is 0 Å². The monoisotopic (exact) mass is 273 g/mol. The Hall–Kier alpha value is -2.60. The Kier molecular flexibility index (Phi) is 4.52. The van der Waals surface area contributed by atoms with Crippen LogP contribution in [-0.4, -0.2) is 27.7 Å². The van der Waals surface area contributed by atoms with Gasteiger partial charge in [0.05, 0.1) is 0 Å². The van der Waals surface area contributed by atoms with Crippen LogP contribution in [0.25, 0.3) is 0 Å². The van der Waals surface area contributed by atoms with Gasteiger partial charge >= 0.3 is 0 Å². The molecule has 0 saturated heterocycles. The van der Waals surface area contributed by atoms with Gasteiger partial charge in [0.15, 0.2) is 5.84 Å². The zero-order chi connectivity index (χ0) is 14.4. The molecule has 0 fully saturated rings. The van der Waals surface area contributed by atoms with E-state index in [1.54, 1.807) is 24.3 Å². The molecule has 1 aromatic heterocycles. The number of aliphatic hydroxyl groups excluding tert-OH is 1. The zero-order valence-corrected chi connectivity index (χ0v) is 10.7. The minimum Gasteiger partial charge on any atom is -0.439 e. The Morgan fingerprint density at radius 2 is 2.00 bits per heavy atom. The molecule has 2 aromatic rings. The number of para-hydroxylation sites is 1. The van der Waals surface area contributed by atoms with Crippen molar-refractivity contribution >= 4 is 5.84 Å². The summed E-state index contributed by atoms with van der Waals surface area (Å²) in [6.45, 7) is 0.0396. The molecule has 20 heavy (non-hydrogen) atoms. The Morgan fingerprint density at radius 3 is 2.75 bits per heavy atom. The molecule has 0 aliphatic carbocycles. The summed E-state index contributed by atoms with van der Waals surface area (Å²) in [7, 11) is 0. The molecule has 2 rings (SSSR count). The van der Waals surface area contributed by atoms with Crippen molar-refractivity contribution in [2.75, 3.05) is 6.61 Å². The summed E-state index contributed by atoms with van der Waals surface area (Å²) in [5.41, 5.74) is 6.69. The van der Waals surface area contributed by atoms with Crippen molar-refractivity contribution in [2.45, 2.75) is 6.42 Å². The third-order valence-corrected chi connectivity index (χ3v) is 2.66. The molecule has 0 bridgehead atoms.